The summed E-state index contributed by atoms with van der Waals surface area (Å²) >= 11 is 0. The summed E-state index contributed by atoms with van der Waals surface area (Å²) in [6.45, 7) is 23.4. The van der Waals surface area contributed by atoms with E-state index in [0.717, 1.165) is 60.3 Å². The van der Waals surface area contributed by atoms with Gasteiger partial charge in [-0.3, -0.25) is 0 Å². The average Bonchev–Trinajstić information content (AvgIpc) is 3.89. The minimum Gasteiger partial charge on any atom is -0.309 e. The van der Waals surface area contributed by atoms with Gasteiger partial charge in [0.2, 0.25) is 0 Å². The molecule has 0 saturated carbocycles. The first-order valence-electron chi connectivity index (χ1n) is 20.7. The van der Waals surface area contributed by atoms with E-state index in [4.69, 9.17) is 34.7 Å². The Hall–Kier alpha value is -10.2. The van der Waals surface area contributed by atoms with Gasteiger partial charge < -0.3 is 9.13 Å². The second-order valence-corrected chi connectivity index (χ2v) is 15.5. The van der Waals surface area contributed by atoms with Crippen LogP contribution in [0.4, 0.5) is 17.1 Å². The van der Waals surface area contributed by atoms with Crippen molar-refractivity contribution >= 4 is 60.7 Å². The molecule has 0 N–H and O–H groups in total. The van der Waals surface area contributed by atoms with Crippen LogP contribution in [0.2, 0.25) is 0 Å². The normalized spacial score (nSPS) is 11.0. The molecule has 0 atom stereocenters. The van der Waals surface area contributed by atoms with E-state index < -0.39 is 0 Å². The second-order valence-electron chi connectivity index (χ2n) is 15.5. The van der Waals surface area contributed by atoms with Gasteiger partial charge >= 0.3 is 0 Å². The molecular weight excluding hydrogens is 813 g/mol. The molecule has 0 amide bonds. The molecule has 0 radical (unpaired) electrons. The number of hydrogen-bond donors (Lipinski definition) is 0. The molecule has 302 valence electrons. The van der Waals surface area contributed by atoms with Gasteiger partial charge in [-0.15, -0.1) is 0 Å². The zero-order valence-corrected chi connectivity index (χ0v) is 34.6. The van der Waals surface area contributed by atoms with Gasteiger partial charge in [0.05, 0.1) is 70.4 Å². The largest absolute Gasteiger partial charge is 0.309 e. The minimum absolute atomic E-state index is 0.414. The zero-order chi connectivity index (χ0) is 44.9. The highest BCUT2D eigenvalue weighted by molar-refractivity contribution is 6.13. The van der Waals surface area contributed by atoms with Crippen molar-refractivity contribution in [2.75, 3.05) is 0 Å². The Morgan fingerprint density at radius 3 is 1.38 bits per heavy atom. The van der Waals surface area contributed by atoms with Gasteiger partial charge in [-0.25, -0.2) is 29.5 Å². The molecule has 0 aliphatic rings. The first kappa shape index (κ1) is 38.7. The lowest BCUT2D eigenvalue weighted by molar-refractivity contribution is 1.06. The molecule has 0 aliphatic carbocycles. The third kappa shape index (κ3) is 6.26. The van der Waals surface area contributed by atoms with E-state index in [1.54, 1.807) is 24.3 Å². The summed E-state index contributed by atoms with van der Waals surface area (Å²) in [5, 5.41) is 24.2. The van der Waals surface area contributed by atoms with Crippen LogP contribution in [0.15, 0.2) is 170 Å². The number of aromatic nitrogens is 5. The second kappa shape index (κ2) is 15.6. The minimum atomic E-state index is 0.414. The number of benzene rings is 8. The van der Waals surface area contributed by atoms with Crippen molar-refractivity contribution in [1.82, 2.24) is 24.1 Å². The highest BCUT2D eigenvalue weighted by Gasteiger charge is 2.23. The Bertz CT molecular complexity index is 3850. The molecule has 10 heteroatoms. The van der Waals surface area contributed by atoms with Gasteiger partial charge in [0.25, 0.3) is 0 Å². The Morgan fingerprint density at radius 2 is 0.879 bits per heavy atom. The molecular formula is C56H28N10. The smallest absolute Gasteiger partial charge is 0.188 e. The number of fused-ring (bicyclic) bond motifs is 6. The van der Waals surface area contributed by atoms with Crippen LogP contribution in [-0.2, 0) is 0 Å². The predicted molar refractivity (Wildman–Crippen MR) is 258 cm³/mol. The van der Waals surface area contributed by atoms with Gasteiger partial charge in [-0.2, -0.15) is 10.5 Å². The predicted octanol–water partition coefficient (Wildman–Crippen LogP) is 14.1. The Balaban J connectivity index is 1.21. The number of hydrogen-bond acceptors (Lipinski definition) is 5. The third-order valence-electron chi connectivity index (χ3n) is 11.9. The van der Waals surface area contributed by atoms with Crippen LogP contribution in [0.25, 0.3) is 115 Å². The van der Waals surface area contributed by atoms with Gasteiger partial charge in [0, 0.05) is 27.6 Å². The van der Waals surface area contributed by atoms with Crippen molar-refractivity contribution in [3.05, 3.63) is 215 Å². The topological polar surface area (TPSA) is 109 Å². The summed E-state index contributed by atoms with van der Waals surface area (Å²) in [6, 6.07) is 58.2. The van der Waals surface area contributed by atoms with Gasteiger partial charge in [0.15, 0.2) is 34.5 Å². The molecule has 0 saturated heterocycles. The summed E-state index contributed by atoms with van der Waals surface area (Å²) < 4.78 is 4.14. The van der Waals surface area contributed by atoms with Crippen LogP contribution in [-0.4, -0.2) is 24.1 Å². The fourth-order valence-corrected chi connectivity index (χ4v) is 8.89. The summed E-state index contributed by atoms with van der Waals surface area (Å²) in [5.41, 5.74) is 10.5. The molecule has 10 nitrogen and oxygen atoms in total. The van der Waals surface area contributed by atoms with Crippen molar-refractivity contribution in [3.63, 3.8) is 0 Å². The highest BCUT2D eigenvalue weighted by Crippen LogP contribution is 2.42. The summed E-state index contributed by atoms with van der Waals surface area (Å²) in [5.74, 6) is 1.41. The zero-order valence-electron chi connectivity index (χ0n) is 34.6. The Kier molecular flexibility index (Phi) is 9.17. The maximum absolute atomic E-state index is 11.2. The quantitative estimate of drug-likeness (QED) is 0.155. The molecule has 3 aromatic heterocycles. The van der Waals surface area contributed by atoms with Crippen LogP contribution in [0.5, 0.6) is 0 Å². The van der Waals surface area contributed by atoms with Gasteiger partial charge in [-0.05, 0) is 94.5 Å². The molecule has 0 unspecified atom stereocenters. The average molecular weight is 841 g/mol. The third-order valence-corrected chi connectivity index (χ3v) is 11.9. The van der Waals surface area contributed by atoms with Crippen LogP contribution in [0, 0.1) is 42.4 Å². The number of rotatable bonds is 6. The van der Waals surface area contributed by atoms with Crippen molar-refractivity contribution in [2.24, 2.45) is 0 Å². The first-order valence-corrected chi connectivity index (χ1v) is 20.7. The maximum Gasteiger partial charge on any atom is 0.188 e. The fourth-order valence-electron chi connectivity index (χ4n) is 8.89. The van der Waals surface area contributed by atoms with E-state index >= 15 is 0 Å². The molecule has 11 rings (SSSR count). The van der Waals surface area contributed by atoms with Crippen LogP contribution in [0.3, 0.4) is 0 Å². The highest BCUT2D eigenvalue weighted by atomic mass is 15.1. The summed E-state index contributed by atoms with van der Waals surface area (Å²) in [6.07, 6.45) is 0. The molecule has 0 aliphatic heterocycles. The molecule has 66 heavy (non-hydrogen) atoms. The van der Waals surface area contributed by atoms with Crippen molar-refractivity contribution in [3.8, 4) is 68.8 Å². The number of nitriles is 2. The molecule has 0 bridgehead atoms. The van der Waals surface area contributed by atoms with E-state index in [-0.39, 0.29) is 0 Å². The lowest BCUT2D eigenvalue weighted by Gasteiger charge is -2.18. The van der Waals surface area contributed by atoms with E-state index in [1.807, 2.05) is 150 Å². The maximum atomic E-state index is 11.2. The van der Waals surface area contributed by atoms with Crippen LogP contribution < -0.4 is 0 Å². The molecule has 8 aromatic carbocycles. The van der Waals surface area contributed by atoms with Crippen molar-refractivity contribution < 1.29 is 0 Å². The standard InChI is InChI=1S/C56H28N10/c1-59-38-19-24-50-44(29-38)43-27-34(32-57)17-23-49(43)65(50)48-16-10-15-41(47(48)33-58)37-18-22-42(56-63-54(35-11-6-4-7-12-35)62-55(64-56)36-13-8-5-9-14-36)53(28-37)66-51-25-20-39(60-2)30-45(51)46-31-40(61-3)21-26-52(46)66/h4-31H. The first-order chi connectivity index (χ1) is 32.5. The summed E-state index contributed by atoms with van der Waals surface area (Å²) in [4.78, 5) is 26.4. The van der Waals surface area contributed by atoms with Crippen LogP contribution >= 0.6 is 0 Å². The van der Waals surface area contributed by atoms with Gasteiger partial charge in [-0.1, -0.05) is 97.1 Å². The Morgan fingerprint density at radius 1 is 0.394 bits per heavy atom. The molecule has 3 heterocycles. The van der Waals surface area contributed by atoms with E-state index in [1.165, 1.54) is 0 Å². The number of nitrogens with zero attached hydrogens (tertiary/aromatic N) is 10. The van der Waals surface area contributed by atoms with Crippen molar-refractivity contribution in [2.45, 2.75) is 0 Å². The fraction of sp³-hybridized carbons (Fsp3) is 0. The molecule has 0 spiro atoms. The summed E-state index contributed by atoms with van der Waals surface area (Å²) in [7, 11) is 0. The lowest BCUT2D eigenvalue weighted by atomic mass is 9.96. The lowest BCUT2D eigenvalue weighted by Crippen LogP contribution is -2.04. The van der Waals surface area contributed by atoms with Gasteiger partial charge in [0.1, 0.15) is 6.07 Å². The Labute approximate surface area is 377 Å². The molecule has 0 fully saturated rings. The van der Waals surface area contributed by atoms with E-state index in [9.17, 15) is 10.5 Å². The van der Waals surface area contributed by atoms with Crippen LogP contribution in [0.1, 0.15) is 11.1 Å². The van der Waals surface area contributed by atoms with E-state index in [2.05, 4.69) is 31.2 Å². The van der Waals surface area contributed by atoms with E-state index in [0.29, 0.717) is 68.2 Å². The SMILES string of the molecule is [C-]#[N+]c1ccc2c(c1)c1cc([N+]#[C-])ccc1n2-c1cc(-c2cccc(-n3c4ccc(C#N)cc4c4cc([N+]#[C-])ccc43)c2C#N)ccc1-c1nc(-c2ccccc2)nc(-c2ccccc2)n1. The molecule has 11 aromatic rings. The monoisotopic (exact) mass is 840 g/mol. The van der Waals surface area contributed by atoms with Crippen molar-refractivity contribution in [1.29, 1.82) is 10.5 Å².